The van der Waals surface area contributed by atoms with Crippen LogP contribution >= 0.6 is 0 Å². The molecule has 1 aromatic carbocycles. The van der Waals surface area contributed by atoms with Gasteiger partial charge in [-0.05, 0) is 69.2 Å². The van der Waals surface area contributed by atoms with E-state index in [-0.39, 0.29) is 5.54 Å². The molecule has 6 rings (SSSR count). The number of likely N-dealkylation sites (N-methyl/N-ethyl adjacent to an activating group) is 1. The summed E-state index contributed by atoms with van der Waals surface area (Å²) in [7, 11) is 2.33. The summed E-state index contributed by atoms with van der Waals surface area (Å²) in [4.78, 5) is 5.28. The molecule has 29 heavy (non-hydrogen) atoms. The van der Waals surface area contributed by atoms with Crippen molar-refractivity contribution in [3.8, 4) is 11.3 Å². The van der Waals surface area contributed by atoms with Crippen LogP contribution in [0.3, 0.4) is 0 Å². The highest BCUT2D eigenvalue weighted by Crippen LogP contribution is 2.68. The topological polar surface area (TPSA) is 32.3 Å². The Morgan fingerprint density at radius 3 is 2.52 bits per heavy atom. The van der Waals surface area contributed by atoms with Gasteiger partial charge in [-0.1, -0.05) is 43.2 Å². The van der Waals surface area contributed by atoms with Crippen LogP contribution in [-0.4, -0.2) is 47.3 Å². The zero-order chi connectivity index (χ0) is 19.5. The van der Waals surface area contributed by atoms with Gasteiger partial charge in [0.05, 0.1) is 11.2 Å². The van der Waals surface area contributed by atoms with E-state index in [2.05, 4.69) is 58.3 Å². The maximum Gasteiger partial charge on any atom is 0.151 e. The molecule has 2 aromatic rings. The summed E-state index contributed by atoms with van der Waals surface area (Å²) in [5.41, 5.74) is 2.92. The first-order chi connectivity index (χ1) is 14.2. The van der Waals surface area contributed by atoms with Crippen molar-refractivity contribution in [2.24, 2.45) is 17.3 Å². The molecule has 4 fully saturated rings. The SMILES string of the molecule is CN1CCC2CN(c3ccc(-c4ccccc4)nn3)C2(C23CCCCC2CC3)C1. The molecule has 0 N–H and O–H groups in total. The van der Waals surface area contributed by atoms with E-state index in [1.54, 1.807) is 0 Å². The van der Waals surface area contributed by atoms with Crippen molar-refractivity contribution in [3.05, 3.63) is 42.5 Å². The van der Waals surface area contributed by atoms with E-state index in [4.69, 9.17) is 5.10 Å². The predicted molar refractivity (Wildman–Crippen MR) is 117 cm³/mol. The molecule has 152 valence electrons. The summed E-state index contributed by atoms with van der Waals surface area (Å²) < 4.78 is 0. The highest BCUT2D eigenvalue weighted by atomic mass is 15.4. The molecule has 3 heterocycles. The van der Waals surface area contributed by atoms with Gasteiger partial charge in [0.1, 0.15) is 0 Å². The van der Waals surface area contributed by atoms with E-state index in [1.807, 2.05) is 6.07 Å². The second-order valence-electron chi connectivity index (χ2n) is 10.0. The van der Waals surface area contributed by atoms with E-state index in [9.17, 15) is 0 Å². The number of anilines is 1. The van der Waals surface area contributed by atoms with E-state index in [0.717, 1.165) is 28.9 Å². The van der Waals surface area contributed by atoms with Crippen LogP contribution < -0.4 is 4.90 Å². The van der Waals surface area contributed by atoms with Crippen molar-refractivity contribution in [1.82, 2.24) is 15.1 Å². The lowest BCUT2D eigenvalue weighted by Crippen LogP contribution is -2.83. The van der Waals surface area contributed by atoms with Crippen LogP contribution in [0.2, 0.25) is 0 Å². The first kappa shape index (κ1) is 17.9. The van der Waals surface area contributed by atoms with Crippen LogP contribution in [0.25, 0.3) is 11.3 Å². The van der Waals surface area contributed by atoms with Crippen molar-refractivity contribution in [1.29, 1.82) is 0 Å². The fourth-order valence-electron chi connectivity index (χ4n) is 7.48. The van der Waals surface area contributed by atoms with Gasteiger partial charge in [-0.15, -0.1) is 10.2 Å². The largest absolute Gasteiger partial charge is 0.347 e. The van der Waals surface area contributed by atoms with Gasteiger partial charge < -0.3 is 9.80 Å². The first-order valence-corrected chi connectivity index (χ1v) is 11.6. The van der Waals surface area contributed by atoms with E-state index >= 15 is 0 Å². The van der Waals surface area contributed by atoms with Gasteiger partial charge in [-0.3, -0.25) is 0 Å². The number of hydrogen-bond acceptors (Lipinski definition) is 4. The monoisotopic (exact) mass is 388 g/mol. The Morgan fingerprint density at radius 1 is 0.897 bits per heavy atom. The van der Waals surface area contributed by atoms with Crippen molar-refractivity contribution in [3.63, 3.8) is 0 Å². The number of nitrogens with zero attached hydrogens (tertiary/aromatic N) is 4. The van der Waals surface area contributed by atoms with E-state index in [0.29, 0.717) is 5.41 Å². The van der Waals surface area contributed by atoms with Crippen LogP contribution in [0.5, 0.6) is 0 Å². The number of piperidine rings is 1. The Kier molecular flexibility index (Phi) is 4.03. The maximum absolute atomic E-state index is 4.77. The lowest BCUT2D eigenvalue weighted by molar-refractivity contribution is -0.156. The second-order valence-corrected chi connectivity index (χ2v) is 10.0. The molecular formula is C25H32N4. The Balaban J connectivity index is 1.37. The second kappa shape index (κ2) is 6.53. The van der Waals surface area contributed by atoms with Crippen molar-refractivity contribution in [2.45, 2.75) is 50.5 Å². The Morgan fingerprint density at radius 2 is 1.79 bits per heavy atom. The average molecular weight is 389 g/mol. The third kappa shape index (κ3) is 2.41. The molecule has 1 aromatic heterocycles. The summed E-state index contributed by atoms with van der Waals surface area (Å²) >= 11 is 0. The lowest BCUT2D eigenvalue weighted by atomic mass is 9.40. The third-order valence-electron chi connectivity index (χ3n) is 8.93. The normalized spacial score (nSPS) is 36.5. The van der Waals surface area contributed by atoms with Crippen molar-refractivity contribution < 1.29 is 0 Å². The molecule has 4 unspecified atom stereocenters. The van der Waals surface area contributed by atoms with Gasteiger partial charge in [0.15, 0.2) is 5.82 Å². The van der Waals surface area contributed by atoms with Gasteiger partial charge in [0.2, 0.25) is 0 Å². The summed E-state index contributed by atoms with van der Waals surface area (Å²) in [6.07, 6.45) is 9.95. The first-order valence-electron chi connectivity index (χ1n) is 11.6. The molecule has 0 amide bonds. The van der Waals surface area contributed by atoms with Crippen LogP contribution in [0.1, 0.15) is 44.9 Å². The van der Waals surface area contributed by atoms with Crippen LogP contribution in [0, 0.1) is 17.3 Å². The summed E-state index contributed by atoms with van der Waals surface area (Å²) in [5.74, 6) is 2.86. The van der Waals surface area contributed by atoms with Gasteiger partial charge in [-0.2, -0.15) is 0 Å². The Hall–Kier alpha value is -1.94. The van der Waals surface area contributed by atoms with Gasteiger partial charge in [0, 0.05) is 24.6 Å². The highest BCUT2D eigenvalue weighted by molar-refractivity contribution is 5.60. The van der Waals surface area contributed by atoms with E-state index < -0.39 is 0 Å². The third-order valence-corrected chi connectivity index (χ3v) is 8.93. The Bertz CT molecular complexity index is 881. The fraction of sp³-hybridized carbons (Fsp3) is 0.600. The molecule has 0 spiro atoms. The van der Waals surface area contributed by atoms with E-state index in [1.165, 1.54) is 64.6 Å². The summed E-state index contributed by atoms with van der Waals surface area (Å²) in [6, 6.07) is 14.8. The van der Waals surface area contributed by atoms with Crippen LogP contribution in [0.15, 0.2) is 42.5 Å². The zero-order valence-corrected chi connectivity index (χ0v) is 17.6. The molecule has 4 heteroatoms. The minimum absolute atomic E-state index is 0.284. The molecule has 2 aliphatic heterocycles. The average Bonchev–Trinajstić information content (AvgIpc) is 2.73. The van der Waals surface area contributed by atoms with Crippen molar-refractivity contribution in [2.75, 3.05) is 31.6 Å². The molecular weight excluding hydrogens is 356 g/mol. The van der Waals surface area contributed by atoms with Crippen LogP contribution in [0.4, 0.5) is 5.82 Å². The predicted octanol–water partition coefficient (Wildman–Crippen LogP) is 4.62. The number of hydrogen-bond donors (Lipinski definition) is 0. The lowest BCUT2D eigenvalue weighted by Gasteiger charge is -2.75. The quantitative estimate of drug-likeness (QED) is 0.768. The minimum Gasteiger partial charge on any atom is -0.347 e. The van der Waals surface area contributed by atoms with Crippen LogP contribution in [-0.2, 0) is 0 Å². The van der Waals surface area contributed by atoms with Gasteiger partial charge >= 0.3 is 0 Å². The molecule has 4 nitrogen and oxygen atoms in total. The Labute approximate surface area is 174 Å². The number of likely N-dealkylation sites (tertiary alicyclic amines) is 1. The highest BCUT2D eigenvalue weighted by Gasteiger charge is 2.70. The zero-order valence-electron chi connectivity index (χ0n) is 17.6. The maximum atomic E-state index is 4.77. The summed E-state index contributed by atoms with van der Waals surface area (Å²) in [5, 5.41) is 9.41. The molecule has 2 aliphatic carbocycles. The smallest absolute Gasteiger partial charge is 0.151 e. The van der Waals surface area contributed by atoms with Gasteiger partial charge in [0.25, 0.3) is 0 Å². The minimum atomic E-state index is 0.284. The number of benzene rings is 1. The molecule has 4 atom stereocenters. The molecule has 2 saturated carbocycles. The number of rotatable bonds is 3. The molecule has 0 radical (unpaired) electrons. The molecule has 4 aliphatic rings. The molecule has 0 bridgehead atoms. The summed E-state index contributed by atoms with van der Waals surface area (Å²) in [6.45, 7) is 3.62. The number of fused-ring (bicyclic) bond motifs is 3. The number of aromatic nitrogens is 2. The molecule has 2 saturated heterocycles. The van der Waals surface area contributed by atoms with Crippen molar-refractivity contribution >= 4 is 5.82 Å². The standard InChI is InChI=1S/C25H32N4/c1-28-16-13-21-17-29(23-11-10-22(26-27-23)19-7-3-2-4-8-19)25(21,18-28)24-14-6-5-9-20(24)12-15-24/h2-4,7-8,10-11,20-21H,5-6,9,12-18H2,1H3. The fourth-order valence-corrected chi connectivity index (χ4v) is 7.48. The van der Waals surface area contributed by atoms with Gasteiger partial charge in [-0.25, -0.2) is 0 Å².